The Morgan fingerprint density at radius 1 is 1.35 bits per heavy atom. The van der Waals surface area contributed by atoms with Crippen LogP contribution in [0.1, 0.15) is 45.5 Å². The number of fused-ring (bicyclic) bond motifs is 1. The van der Waals surface area contributed by atoms with E-state index in [4.69, 9.17) is 9.26 Å². The third-order valence-corrected chi connectivity index (χ3v) is 4.44. The molecule has 3 heterocycles. The van der Waals surface area contributed by atoms with Crippen molar-refractivity contribution in [2.24, 2.45) is 0 Å². The van der Waals surface area contributed by atoms with Crippen LogP contribution in [0.4, 0.5) is 4.79 Å². The molecule has 1 fully saturated rings. The van der Waals surface area contributed by atoms with Crippen molar-refractivity contribution >= 4 is 17.0 Å². The first-order valence-electron chi connectivity index (χ1n) is 8.82. The molecule has 1 N–H and O–H groups in total. The van der Waals surface area contributed by atoms with E-state index in [9.17, 15) is 4.79 Å². The predicted octanol–water partition coefficient (Wildman–Crippen LogP) is 4.29. The molecule has 1 unspecified atom stereocenters. The fourth-order valence-corrected chi connectivity index (χ4v) is 3.30. The van der Waals surface area contributed by atoms with Crippen molar-refractivity contribution in [3.05, 3.63) is 36.4 Å². The predicted molar refractivity (Wildman–Crippen MR) is 96.5 cm³/mol. The maximum absolute atomic E-state index is 12.5. The number of H-pyrrole nitrogens is 1. The number of hydrogen-bond acceptors (Lipinski definition) is 5. The molecule has 1 saturated heterocycles. The van der Waals surface area contributed by atoms with Crippen molar-refractivity contribution in [1.29, 1.82) is 0 Å². The van der Waals surface area contributed by atoms with E-state index in [1.165, 1.54) is 0 Å². The maximum atomic E-state index is 12.5. The second kappa shape index (κ2) is 6.16. The highest BCUT2D eigenvalue weighted by molar-refractivity contribution is 5.93. The van der Waals surface area contributed by atoms with Crippen molar-refractivity contribution in [2.75, 3.05) is 6.54 Å². The summed E-state index contributed by atoms with van der Waals surface area (Å²) < 4.78 is 11.0. The van der Waals surface area contributed by atoms with Crippen LogP contribution in [0.3, 0.4) is 0 Å². The van der Waals surface area contributed by atoms with Gasteiger partial charge in [-0.15, -0.1) is 0 Å². The molecule has 1 amide bonds. The SMILES string of the molecule is CC(C)(C)OC(=O)N1CCCC1c1nc(-c2c[nH]c3ccccc23)no1. The van der Waals surface area contributed by atoms with Gasteiger partial charge in [0.05, 0.1) is 0 Å². The summed E-state index contributed by atoms with van der Waals surface area (Å²) in [7, 11) is 0. The van der Waals surface area contributed by atoms with Crippen LogP contribution >= 0.6 is 0 Å². The van der Waals surface area contributed by atoms with E-state index in [-0.39, 0.29) is 12.1 Å². The van der Waals surface area contributed by atoms with Crippen LogP contribution in [0.2, 0.25) is 0 Å². The van der Waals surface area contributed by atoms with E-state index in [0.29, 0.717) is 18.3 Å². The van der Waals surface area contributed by atoms with Gasteiger partial charge in [-0.1, -0.05) is 23.4 Å². The van der Waals surface area contributed by atoms with Gasteiger partial charge in [-0.3, -0.25) is 4.90 Å². The molecule has 0 saturated carbocycles. The second-order valence-corrected chi connectivity index (χ2v) is 7.54. The quantitative estimate of drug-likeness (QED) is 0.742. The Morgan fingerprint density at radius 2 is 2.15 bits per heavy atom. The lowest BCUT2D eigenvalue weighted by molar-refractivity contribution is 0.0199. The molecule has 1 aromatic carbocycles. The zero-order valence-corrected chi connectivity index (χ0v) is 15.2. The van der Waals surface area contributed by atoms with Crippen molar-refractivity contribution in [2.45, 2.75) is 45.3 Å². The average Bonchev–Trinajstić information content (AvgIpc) is 3.31. The smallest absolute Gasteiger partial charge is 0.410 e. The zero-order valence-electron chi connectivity index (χ0n) is 15.2. The Balaban J connectivity index is 1.60. The molecule has 1 aliphatic rings. The highest BCUT2D eigenvalue weighted by Crippen LogP contribution is 2.34. The number of ether oxygens (including phenoxy) is 1. The number of nitrogens with zero attached hydrogens (tertiary/aromatic N) is 3. The monoisotopic (exact) mass is 354 g/mol. The van der Waals surface area contributed by atoms with Crippen LogP contribution in [0.15, 0.2) is 35.0 Å². The summed E-state index contributed by atoms with van der Waals surface area (Å²) in [4.78, 5) is 21.9. The Hall–Kier alpha value is -2.83. The van der Waals surface area contributed by atoms with Gasteiger partial charge in [-0.25, -0.2) is 4.79 Å². The normalized spacial score (nSPS) is 17.8. The topological polar surface area (TPSA) is 84.2 Å². The van der Waals surface area contributed by atoms with Gasteiger partial charge in [0.15, 0.2) is 0 Å². The molecule has 0 spiro atoms. The molecule has 1 atom stereocenters. The molecule has 0 aliphatic carbocycles. The van der Waals surface area contributed by atoms with Gasteiger partial charge in [0.2, 0.25) is 11.7 Å². The fourth-order valence-electron chi connectivity index (χ4n) is 3.30. The summed E-state index contributed by atoms with van der Waals surface area (Å²) in [5, 5.41) is 5.17. The Morgan fingerprint density at radius 3 is 2.96 bits per heavy atom. The minimum absolute atomic E-state index is 0.240. The van der Waals surface area contributed by atoms with E-state index in [1.807, 2.05) is 51.2 Å². The number of carbonyl (C=O) groups excluding carboxylic acids is 1. The highest BCUT2D eigenvalue weighted by Gasteiger charge is 2.36. The third kappa shape index (κ3) is 3.05. The van der Waals surface area contributed by atoms with Crippen molar-refractivity contribution in [3.63, 3.8) is 0 Å². The maximum Gasteiger partial charge on any atom is 0.410 e. The number of amides is 1. The highest BCUT2D eigenvalue weighted by atomic mass is 16.6. The molecule has 2 aromatic heterocycles. The summed E-state index contributed by atoms with van der Waals surface area (Å²) in [5.74, 6) is 0.974. The minimum atomic E-state index is -0.533. The number of carbonyl (C=O) groups is 1. The molecule has 0 bridgehead atoms. The molecular weight excluding hydrogens is 332 g/mol. The molecule has 7 heteroatoms. The molecule has 26 heavy (non-hydrogen) atoms. The van der Waals surface area contributed by atoms with Crippen LogP contribution in [-0.2, 0) is 4.74 Å². The first-order chi connectivity index (χ1) is 12.4. The van der Waals surface area contributed by atoms with Crippen LogP contribution in [0.25, 0.3) is 22.3 Å². The lowest BCUT2D eigenvalue weighted by Gasteiger charge is -2.26. The molecule has 1 aliphatic heterocycles. The largest absolute Gasteiger partial charge is 0.444 e. The van der Waals surface area contributed by atoms with Gasteiger partial charge >= 0.3 is 6.09 Å². The second-order valence-electron chi connectivity index (χ2n) is 7.54. The number of likely N-dealkylation sites (tertiary alicyclic amines) is 1. The summed E-state index contributed by atoms with van der Waals surface area (Å²) in [6.07, 6.45) is 3.20. The number of aromatic amines is 1. The summed E-state index contributed by atoms with van der Waals surface area (Å²) in [5.41, 5.74) is 1.37. The standard InChI is InChI=1S/C19H22N4O3/c1-19(2,3)25-18(24)23-10-6-9-15(23)17-21-16(22-26-17)13-11-20-14-8-5-4-7-12(13)14/h4-5,7-8,11,15,20H,6,9-10H2,1-3H3. The van der Waals surface area contributed by atoms with E-state index in [2.05, 4.69) is 15.1 Å². The fraction of sp³-hybridized carbons (Fsp3) is 0.421. The van der Waals surface area contributed by atoms with Crippen LogP contribution in [0, 0.1) is 0 Å². The lowest BCUT2D eigenvalue weighted by Crippen LogP contribution is -2.36. The van der Waals surface area contributed by atoms with Gasteiger partial charge in [0.1, 0.15) is 11.6 Å². The van der Waals surface area contributed by atoms with E-state index in [1.54, 1.807) is 4.90 Å². The third-order valence-electron chi connectivity index (χ3n) is 4.44. The number of rotatable bonds is 2. The molecule has 3 aromatic rings. The Labute approximate surface area is 151 Å². The van der Waals surface area contributed by atoms with Crippen molar-refractivity contribution in [3.8, 4) is 11.4 Å². The molecule has 7 nitrogen and oxygen atoms in total. The minimum Gasteiger partial charge on any atom is -0.444 e. The number of aromatic nitrogens is 3. The molecule has 0 radical (unpaired) electrons. The Bertz CT molecular complexity index is 938. The van der Waals surface area contributed by atoms with Crippen LogP contribution in [-0.4, -0.2) is 38.3 Å². The molecule has 4 rings (SSSR count). The summed E-state index contributed by atoms with van der Waals surface area (Å²) >= 11 is 0. The van der Waals surface area contributed by atoms with Crippen molar-refractivity contribution < 1.29 is 14.1 Å². The van der Waals surface area contributed by atoms with Gasteiger partial charge in [0.25, 0.3) is 0 Å². The van der Waals surface area contributed by atoms with Gasteiger partial charge < -0.3 is 14.2 Å². The number of hydrogen-bond donors (Lipinski definition) is 1. The van der Waals surface area contributed by atoms with E-state index < -0.39 is 5.60 Å². The molecular formula is C19H22N4O3. The number of para-hydroxylation sites is 1. The first kappa shape index (κ1) is 16.6. The molecule has 136 valence electrons. The van der Waals surface area contributed by atoms with Gasteiger partial charge in [-0.05, 0) is 39.7 Å². The van der Waals surface area contributed by atoms with Gasteiger partial charge in [0, 0.05) is 29.2 Å². The Kier molecular flexibility index (Phi) is 3.94. The summed E-state index contributed by atoms with van der Waals surface area (Å²) in [6.45, 7) is 6.21. The van der Waals surface area contributed by atoms with E-state index in [0.717, 1.165) is 29.3 Å². The number of benzene rings is 1. The first-order valence-corrected chi connectivity index (χ1v) is 8.82. The van der Waals surface area contributed by atoms with Crippen LogP contribution < -0.4 is 0 Å². The zero-order chi connectivity index (χ0) is 18.3. The van der Waals surface area contributed by atoms with Gasteiger partial charge in [-0.2, -0.15) is 4.98 Å². The lowest BCUT2D eigenvalue weighted by atomic mass is 10.1. The average molecular weight is 354 g/mol. The number of nitrogens with one attached hydrogen (secondary N) is 1. The van der Waals surface area contributed by atoms with Crippen LogP contribution in [0.5, 0.6) is 0 Å². The van der Waals surface area contributed by atoms with Crippen molar-refractivity contribution in [1.82, 2.24) is 20.0 Å². The summed E-state index contributed by atoms with van der Waals surface area (Å²) in [6, 6.07) is 7.72. The van der Waals surface area contributed by atoms with E-state index >= 15 is 0 Å².